The molecule has 0 amide bonds. The van der Waals surface area contributed by atoms with Crippen LogP contribution < -0.4 is 5.73 Å². The monoisotopic (exact) mass is 163 g/mol. The van der Waals surface area contributed by atoms with Crippen molar-refractivity contribution >= 4 is 5.78 Å². The Labute approximate surface area is 72.1 Å². The summed E-state index contributed by atoms with van der Waals surface area (Å²) in [7, 11) is 0. The molecule has 2 nitrogen and oxygen atoms in total. The Morgan fingerprint density at radius 2 is 2.33 bits per heavy atom. The van der Waals surface area contributed by atoms with Crippen molar-refractivity contribution < 1.29 is 4.79 Å². The Morgan fingerprint density at radius 3 is 3.17 bits per heavy atom. The van der Waals surface area contributed by atoms with Crippen molar-refractivity contribution in [2.45, 2.75) is 19.3 Å². The summed E-state index contributed by atoms with van der Waals surface area (Å²) < 4.78 is 0. The molecule has 0 radical (unpaired) electrons. The van der Waals surface area contributed by atoms with Crippen molar-refractivity contribution in [2.75, 3.05) is 0 Å². The molecule has 0 aromatic carbocycles. The molecule has 0 aromatic heterocycles. The van der Waals surface area contributed by atoms with E-state index in [1.807, 2.05) is 18.2 Å². The van der Waals surface area contributed by atoms with E-state index in [4.69, 9.17) is 5.73 Å². The number of hydrogen-bond acceptors (Lipinski definition) is 2. The van der Waals surface area contributed by atoms with Crippen LogP contribution in [0.2, 0.25) is 0 Å². The summed E-state index contributed by atoms with van der Waals surface area (Å²) in [5.41, 5.74) is 6.46. The maximum absolute atomic E-state index is 11.4. The first-order valence-corrected chi connectivity index (χ1v) is 4.45. The maximum Gasteiger partial charge on any atom is 0.140 e. The number of rotatable bonds is 0. The molecule has 1 fully saturated rings. The van der Waals surface area contributed by atoms with E-state index < -0.39 is 0 Å². The lowest BCUT2D eigenvalue weighted by atomic mass is 9.76. The van der Waals surface area contributed by atoms with Gasteiger partial charge in [0.15, 0.2) is 0 Å². The third-order valence-electron chi connectivity index (χ3n) is 2.70. The number of nitrogens with two attached hydrogens (primary N) is 1. The number of carbonyl (C=O) groups is 1. The SMILES string of the molecule is NC1=CC2CCCC(=O)C2C=C1. The third kappa shape index (κ3) is 1.17. The molecule has 2 N–H and O–H groups in total. The largest absolute Gasteiger partial charge is 0.399 e. The number of carbonyl (C=O) groups excluding carboxylic acids is 1. The predicted octanol–water partition coefficient (Wildman–Crippen LogP) is 1.38. The molecular weight excluding hydrogens is 150 g/mol. The summed E-state index contributed by atoms with van der Waals surface area (Å²) in [6.07, 6.45) is 8.73. The summed E-state index contributed by atoms with van der Waals surface area (Å²) in [6.45, 7) is 0. The lowest BCUT2D eigenvalue weighted by Gasteiger charge is -2.28. The molecule has 2 atom stereocenters. The van der Waals surface area contributed by atoms with Crippen LogP contribution in [0, 0.1) is 11.8 Å². The first-order chi connectivity index (χ1) is 5.77. The average molecular weight is 163 g/mol. The number of fused-ring (bicyclic) bond motifs is 1. The van der Waals surface area contributed by atoms with Gasteiger partial charge in [0.1, 0.15) is 5.78 Å². The van der Waals surface area contributed by atoms with Gasteiger partial charge in [-0.15, -0.1) is 0 Å². The van der Waals surface area contributed by atoms with Gasteiger partial charge in [0.2, 0.25) is 0 Å². The zero-order valence-corrected chi connectivity index (χ0v) is 6.99. The molecule has 0 spiro atoms. The molecule has 2 aliphatic rings. The minimum absolute atomic E-state index is 0.131. The van der Waals surface area contributed by atoms with Gasteiger partial charge in [0, 0.05) is 18.0 Å². The molecule has 0 bridgehead atoms. The van der Waals surface area contributed by atoms with Gasteiger partial charge in [0.05, 0.1) is 0 Å². The van der Waals surface area contributed by atoms with Crippen molar-refractivity contribution in [1.82, 2.24) is 0 Å². The number of Topliss-reactive ketones (excluding diaryl/α,β-unsaturated/α-hetero) is 1. The standard InChI is InChI=1S/C10H13NO/c11-8-4-5-9-7(6-8)2-1-3-10(9)12/h4-7,9H,1-3,11H2. The highest BCUT2D eigenvalue weighted by atomic mass is 16.1. The summed E-state index contributed by atoms with van der Waals surface area (Å²) >= 11 is 0. The highest BCUT2D eigenvalue weighted by molar-refractivity contribution is 5.84. The van der Waals surface area contributed by atoms with Crippen LogP contribution in [0.1, 0.15) is 19.3 Å². The second kappa shape index (κ2) is 2.77. The van der Waals surface area contributed by atoms with Gasteiger partial charge in [-0.25, -0.2) is 0 Å². The molecule has 2 heteroatoms. The first kappa shape index (κ1) is 7.59. The molecule has 1 saturated carbocycles. The number of allylic oxidation sites excluding steroid dienone is 3. The van der Waals surface area contributed by atoms with Crippen LogP contribution in [-0.2, 0) is 4.79 Å². The van der Waals surface area contributed by atoms with Crippen molar-refractivity contribution in [2.24, 2.45) is 17.6 Å². The van der Waals surface area contributed by atoms with Crippen LogP contribution >= 0.6 is 0 Å². The summed E-state index contributed by atoms with van der Waals surface area (Å²) in [5, 5.41) is 0. The van der Waals surface area contributed by atoms with Crippen LogP contribution in [0.4, 0.5) is 0 Å². The summed E-state index contributed by atoms with van der Waals surface area (Å²) in [4.78, 5) is 11.4. The highest BCUT2D eigenvalue weighted by Gasteiger charge is 2.29. The third-order valence-corrected chi connectivity index (χ3v) is 2.70. The van der Waals surface area contributed by atoms with Gasteiger partial charge in [-0.2, -0.15) is 0 Å². The van der Waals surface area contributed by atoms with Gasteiger partial charge >= 0.3 is 0 Å². The molecule has 2 aliphatic carbocycles. The Morgan fingerprint density at radius 1 is 1.50 bits per heavy atom. The van der Waals surface area contributed by atoms with E-state index in [-0.39, 0.29) is 5.92 Å². The lowest BCUT2D eigenvalue weighted by Crippen LogP contribution is -2.28. The molecule has 0 aromatic rings. The Kier molecular flexibility index (Phi) is 1.75. The second-order valence-electron chi connectivity index (χ2n) is 3.57. The van der Waals surface area contributed by atoms with Gasteiger partial charge in [0.25, 0.3) is 0 Å². The van der Waals surface area contributed by atoms with Crippen LogP contribution in [0.5, 0.6) is 0 Å². The van der Waals surface area contributed by atoms with Gasteiger partial charge in [-0.3, -0.25) is 4.79 Å². The fraction of sp³-hybridized carbons (Fsp3) is 0.500. The van der Waals surface area contributed by atoms with Gasteiger partial charge in [-0.1, -0.05) is 12.2 Å². The molecule has 2 unspecified atom stereocenters. The molecule has 0 saturated heterocycles. The van der Waals surface area contributed by atoms with Gasteiger partial charge in [-0.05, 0) is 24.8 Å². The second-order valence-corrected chi connectivity index (χ2v) is 3.57. The summed E-state index contributed by atoms with van der Waals surface area (Å²) in [5.74, 6) is 0.897. The van der Waals surface area contributed by atoms with E-state index >= 15 is 0 Å². The van der Waals surface area contributed by atoms with Crippen molar-refractivity contribution in [1.29, 1.82) is 0 Å². The van der Waals surface area contributed by atoms with E-state index in [0.717, 1.165) is 25.0 Å². The molecule has 64 valence electrons. The van der Waals surface area contributed by atoms with Crippen molar-refractivity contribution in [3.8, 4) is 0 Å². The van der Waals surface area contributed by atoms with Crippen molar-refractivity contribution in [3.05, 3.63) is 23.9 Å². The lowest BCUT2D eigenvalue weighted by molar-refractivity contribution is -0.124. The quantitative estimate of drug-likeness (QED) is 0.586. The van der Waals surface area contributed by atoms with E-state index in [2.05, 4.69) is 0 Å². The molecule has 0 heterocycles. The first-order valence-electron chi connectivity index (χ1n) is 4.45. The number of ketones is 1. The maximum atomic E-state index is 11.4. The van der Waals surface area contributed by atoms with E-state index in [9.17, 15) is 4.79 Å². The van der Waals surface area contributed by atoms with Gasteiger partial charge < -0.3 is 5.73 Å². The van der Waals surface area contributed by atoms with Crippen LogP contribution in [-0.4, -0.2) is 5.78 Å². The van der Waals surface area contributed by atoms with Crippen molar-refractivity contribution in [3.63, 3.8) is 0 Å². The molecule has 0 aliphatic heterocycles. The Balaban J connectivity index is 2.22. The zero-order valence-electron chi connectivity index (χ0n) is 6.99. The smallest absolute Gasteiger partial charge is 0.140 e. The minimum atomic E-state index is 0.131. The van der Waals surface area contributed by atoms with E-state index in [0.29, 0.717) is 11.7 Å². The topological polar surface area (TPSA) is 43.1 Å². The fourth-order valence-electron chi connectivity index (χ4n) is 2.05. The highest BCUT2D eigenvalue weighted by Crippen LogP contribution is 2.32. The van der Waals surface area contributed by atoms with Crippen LogP contribution in [0.25, 0.3) is 0 Å². The predicted molar refractivity (Wildman–Crippen MR) is 47.2 cm³/mol. The molecular formula is C10H13NO. The zero-order chi connectivity index (χ0) is 8.55. The molecule has 12 heavy (non-hydrogen) atoms. The van der Waals surface area contributed by atoms with E-state index in [1.165, 1.54) is 0 Å². The fourth-order valence-corrected chi connectivity index (χ4v) is 2.05. The van der Waals surface area contributed by atoms with Crippen LogP contribution in [0.3, 0.4) is 0 Å². The average Bonchev–Trinajstić information content (AvgIpc) is 2.04. The van der Waals surface area contributed by atoms with Crippen LogP contribution in [0.15, 0.2) is 23.9 Å². The van der Waals surface area contributed by atoms with E-state index in [1.54, 1.807) is 0 Å². The Hall–Kier alpha value is -1.05. The Bertz CT molecular complexity index is 265. The summed E-state index contributed by atoms with van der Waals surface area (Å²) in [6, 6.07) is 0. The molecule has 2 rings (SSSR count). The normalized spacial score (nSPS) is 34.3. The number of hydrogen-bond donors (Lipinski definition) is 1. The minimum Gasteiger partial charge on any atom is -0.399 e.